The summed E-state index contributed by atoms with van der Waals surface area (Å²) in [6.45, 7) is 1.97. The highest BCUT2D eigenvalue weighted by atomic mass is 14.9. The first-order valence-corrected chi connectivity index (χ1v) is 6.42. The van der Waals surface area contributed by atoms with E-state index in [1.54, 1.807) is 30.5 Å². The van der Waals surface area contributed by atoms with Crippen LogP contribution < -0.4 is 5.32 Å². The zero-order valence-electron chi connectivity index (χ0n) is 11.8. The minimum atomic E-state index is -0.244. The molecule has 0 radical (unpaired) electrons. The Balaban J connectivity index is 2.25. The van der Waals surface area contributed by atoms with Gasteiger partial charge in [-0.1, -0.05) is 18.2 Å². The fourth-order valence-corrected chi connectivity index (χ4v) is 1.79. The average Bonchev–Trinajstić information content (AvgIpc) is 2.56. The van der Waals surface area contributed by atoms with E-state index >= 15 is 0 Å². The maximum Gasteiger partial charge on any atom is 0.163 e. The highest BCUT2D eigenvalue weighted by molar-refractivity contribution is 5.65. The fourth-order valence-electron chi connectivity index (χ4n) is 1.79. The van der Waals surface area contributed by atoms with Crippen LogP contribution in [0, 0.1) is 40.9 Å². The number of aryl methyl sites for hydroxylation is 1. The van der Waals surface area contributed by atoms with E-state index < -0.39 is 0 Å². The summed E-state index contributed by atoms with van der Waals surface area (Å²) < 4.78 is 0. The van der Waals surface area contributed by atoms with Crippen molar-refractivity contribution >= 4 is 5.69 Å². The molecule has 22 heavy (non-hydrogen) atoms. The Kier molecular flexibility index (Phi) is 4.50. The zero-order valence-corrected chi connectivity index (χ0v) is 11.8. The number of nitrogens with one attached hydrogen (secondary N) is 1. The van der Waals surface area contributed by atoms with Gasteiger partial charge in [-0.25, -0.2) is 0 Å². The predicted molar refractivity (Wildman–Crippen MR) is 81.9 cm³/mol. The number of hydrogen-bond acceptors (Lipinski definition) is 5. The second-order valence-corrected chi connectivity index (χ2v) is 4.51. The van der Waals surface area contributed by atoms with Gasteiger partial charge in [0, 0.05) is 17.4 Å². The molecule has 5 heteroatoms. The lowest BCUT2D eigenvalue weighted by atomic mass is 10.1. The molecule has 0 bridgehead atoms. The van der Waals surface area contributed by atoms with Gasteiger partial charge in [-0.2, -0.15) is 15.8 Å². The Hall–Kier alpha value is -3.62. The van der Waals surface area contributed by atoms with Crippen LogP contribution in [0.4, 0.5) is 5.69 Å². The van der Waals surface area contributed by atoms with Crippen molar-refractivity contribution in [1.82, 2.24) is 4.98 Å². The lowest BCUT2D eigenvalue weighted by Gasteiger charge is -2.06. The molecule has 1 aromatic carbocycles. The average molecular weight is 285 g/mol. The molecule has 0 amide bonds. The fraction of sp³-hybridized carbons (Fsp3) is 0.0588. The van der Waals surface area contributed by atoms with E-state index in [2.05, 4.69) is 10.3 Å². The van der Waals surface area contributed by atoms with Crippen LogP contribution >= 0.6 is 0 Å². The van der Waals surface area contributed by atoms with Crippen molar-refractivity contribution < 1.29 is 0 Å². The summed E-state index contributed by atoms with van der Waals surface area (Å²) in [4.78, 5) is 4.34. The van der Waals surface area contributed by atoms with Gasteiger partial charge in [0.2, 0.25) is 0 Å². The Morgan fingerprint density at radius 3 is 2.14 bits per heavy atom. The first kappa shape index (κ1) is 14.8. The van der Waals surface area contributed by atoms with Crippen molar-refractivity contribution in [2.24, 2.45) is 0 Å². The molecule has 0 spiro atoms. The summed E-state index contributed by atoms with van der Waals surface area (Å²) in [7, 11) is 0. The molecule has 0 aliphatic heterocycles. The van der Waals surface area contributed by atoms with Crippen LogP contribution in [0.2, 0.25) is 0 Å². The van der Waals surface area contributed by atoms with Gasteiger partial charge in [0.05, 0.1) is 5.69 Å². The predicted octanol–water partition coefficient (Wildman–Crippen LogP) is 3.29. The quantitative estimate of drug-likeness (QED) is 0.873. The molecule has 0 unspecified atom stereocenters. The number of rotatable bonds is 3. The molecule has 2 aromatic rings. The molecule has 0 aliphatic carbocycles. The third-order valence-electron chi connectivity index (χ3n) is 2.95. The third-order valence-corrected chi connectivity index (χ3v) is 2.95. The number of benzene rings is 1. The van der Waals surface area contributed by atoms with Gasteiger partial charge in [0.25, 0.3) is 0 Å². The van der Waals surface area contributed by atoms with Gasteiger partial charge in [-0.05, 0) is 30.7 Å². The van der Waals surface area contributed by atoms with E-state index in [9.17, 15) is 0 Å². The summed E-state index contributed by atoms with van der Waals surface area (Å²) in [5, 5.41) is 29.3. The number of nitrogens with zero attached hydrogens (tertiary/aromatic N) is 4. The van der Waals surface area contributed by atoms with Crippen molar-refractivity contribution in [2.75, 3.05) is 5.32 Å². The van der Waals surface area contributed by atoms with Crippen LogP contribution in [0.5, 0.6) is 0 Å². The molecule has 1 N–H and O–H groups in total. The summed E-state index contributed by atoms with van der Waals surface area (Å²) in [5.41, 5.74) is 3.19. The minimum absolute atomic E-state index is 0.0637. The standard InChI is InChI=1S/C17H11N5/c1-12-2-7-16(21-11-12)13-3-5-15(6-4-13)22-17(10-20)14(8-18)9-19/h2-7,11,22H,1H3. The monoisotopic (exact) mass is 285 g/mol. The van der Waals surface area contributed by atoms with E-state index in [1.807, 2.05) is 37.3 Å². The molecule has 104 valence electrons. The number of allylic oxidation sites excluding steroid dienone is 2. The Labute approximate surface area is 128 Å². The summed E-state index contributed by atoms with van der Waals surface area (Å²) in [6.07, 6.45) is 1.80. The molecule has 2 rings (SSSR count). The Morgan fingerprint density at radius 2 is 1.64 bits per heavy atom. The summed E-state index contributed by atoms with van der Waals surface area (Å²) in [5.74, 6) is 0. The largest absolute Gasteiger partial charge is 0.345 e. The number of aromatic nitrogens is 1. The molecule has 0 saturated carbocycles. The van der Waals surface area contributed by atoms with Gasteiger partial charge in [-0.15, -0.1) is 0 Å². The molecule has 1 heterocycles. The highest BCUT2D eigenvalue weighted by Gasteiger charge is 2.06. The van der Waals surface area contributed by atoms with Crippen molar-refractivity contribution in [3.8, 4) is 29.5 Å². The van der Waals surface area contributed by atoms with Gasteiger partial charge in [-0.3, -0.25) is 4.98 Å². The smallest absolute Gasteiger partial charge is 0.163 e. The van der Waals surface area contributed by atoms with Crippen LogP contribution in [0.15, 0.2) is 53.9 Å². The van der Waals surface area contributed by atoms with Crippen LogP contribution in [-0.4, -0.2) is 4.98 Å². The molecular weight excluding hydrogens is 274 g/mol. The lowest BCUT2D eigenvalue weighted by molar-refractivity contribution is 1.27. The van der Waals surface area contributed by atoms with Crippen molar-refractivity contribution in [1.29, 1.82) is 15.8 Å². The van der Waals surface area contributed by atoms with Crippen LogP contribution in [0.3, 0.4) is 0 Å². The van der Waals surface area contributed by atoms with Crippen LogP contribution in [-0.2, 0) is 0 Å². The van der Waals surface area contributed by atoms with E-state index in [0.29, 0.717) is 5.69 Å². The first-order valence-electron chi connectivity index (χ1n) is 6.42. The third kappa shape index (κ3) is 3.28. The molecule has 1 aromatic heterocycles. The number of anilines is 1. The minimum Gasteiger partial charge on any atom is -0.345 e. The Bertz CT molecular complexity index is 809. The van der Waals surface area contributed by atoms with Gasteiger partial charge >= 0.3 is 0 Å². The zero-order chi connectivity index (χ0) is 15.9. The first-order chi connectivity index (χ1) is 10.7. The van der Waals surface area contributed by atoms with Crippen LogP contribution in [0.25, 0.3) is 11.3 Å². The number of nitriles is 3. The summed E-state index contributed by atoms with van der Waals surface area (Å²) in [6, 6.07) is 16.3. The molecule has 0 saturated heterocycles. The molecule has 0 aliphatic rings. The van der Waals surface area contributed by atoms with Crippen molar-refractivity contribution in [3.05, 3.63) is 59.4 Å². The second-order valence-electron chi connectivity index (χ2n) is 4.51. The molecule has 5 nitrogen and oxygen atoms in total. The van der Waals surface area contributed by atoms with Crippen LogP contribution in [0.1, 0.15) is 5.56 Å². The lowest BCUT2D eigenvalue weighted by Crippen LogP contribution is -2.00. The maximum atomic E-state index is 9.00. The van der Waals surface area contributed by atoms with Gasteiger partial charge in [0.15, 0.2) is 5.57 Å². The van der Waals surface area contributed by atoms with Gasteiger partial charge < -0.3 is 5.32 Å². The highest BCUT2D eigenvalue weighted by Crippen LogP contribution is 2.20. The van der Waals surface area contributed by atoms with E-state index in [1.165, 1.54) is 0 Å². The molecular formula is C17H11N5. The number of hydrogen-bond donors (Lipinski definition) is 1. The SMILES string of the molecule is Cc1ccc(-c2ccc(NC(C#N)=C(C#N)C#N)cc2)nc1. The van der Waals surface area contributed by atoms with E-state index in [-0.39, 0.29) is 11.3 Å². The van der Waals surface area contributed by atoms with Gasteiger partial charge in [0.1, 0.15) is 23.9 Å². The van der Waals surface area contributed by atoms with E-state index in [4.69, 9.17) is 15.8 Å². The molecule has 0 fully saturated rings. The normalized spacial score (nSPS) is 9.00. The van der Waals surface area contributed by atoms with Crippen molar-refractivity contribution in [2.45, 2.75) is 6.92 Å². The Morgan fingerprint density at radius 1 is 0.955 bits per heavy atom. The van der Waals surface area contributed by atoms with Crippen molar-refractivity contribution in [3.63, 3.8) is 0 Å². The topological polar surface area (TPSA) is 96.3 Å². The molecule has 0 atom stereocenters. The second kappa shape index (κ2) is 6.70. The summed E-state index contributed by atoms with van der Waals surface area (Å²) >= 11 is 0. The van der Waals surface area contributed by atoms with E-state index in [0.717, 1.165) is 16.8 Å². The maximum absolute atomic E-state index is 9.00. The number of pyridine rings is 1.